The van der Waals surface area contributed by atoms with E-state index in [1.54, 1.807) is 24.3 Å². The maximum absolute atomic E-state index is 12.1. The molecule has 0 radical (unpaired) electrons. The van der Waals surface area contributed by atoms with Gasteiger partial charge in [0.1, 0.15) is 12.1 Å². The van der Waals surface area contributed by atoms with Crippen LogP contribution >= 0.6 is 0 Å². The van der Waals surface area contributed by atoms with Crippen molar-refractivity contribution in [3.8, 4) is 11.6 Å². The fourth-order valence-electron chi connectivity index (χ4n) is 2.41. The Bertz CT molecular complexity index is 1010. The number of anilines is 1. The topological polar surface area (TPSA) is 132 Å². The summed E-state index contributed by atoms with van der Waals surface area (Å²) in [7, 11) is 0. The number of nitro groups is 1. The van der Waals surface area contributed by atoms with Crippen LogP contribution in [0.4, 0.5) is 11.5 Å². The lowest BCUT2D eigenvalue weighted by Crippen LogP contribution is -2.30. The summed E-state index contributed by atoms with van der Waals surface area (Å²) in [6.07, 6.45) is 3.99. The lowest BCUT2D eigenvalue weighted by Gasteiger charge is -2.11. The van der Waals surface area contributed by atoms with Gasteiger partial charge < -0.3 is 4.74 Å². The summed E-state index contributed by atoms with van der Waals surface area (Å²) in [6, 6.07) is 10.3. The molecule has 2 aromatic heterocycles. The molecule has 29 heavy (non-hydrogen) atoms. The highest BCUT2D eigenvalue weighted by Crippen LogP contribution is 2.34. The molecule has 0 aliphatic rings. The first-order chi connectivity index (χ1) is 14.0. The highest BCUT2D eigenvalue weighted by molar-refractivity contribution is 5.94. The number of hydrazine groups is 1. The molecule has 0 spiro atoms. The van der Waals surface area contributed by atoms with E-state index in [1.165, 1.54) is 12.4 Å². The third kappa shape index (κ3) is 4.80. The van der Waals surface area contributed by atoms with Crippen LogP contribution in [0.25, 0.3) is 0 Å². The van der Waals surface area contributed by atoms with Gasteiger partial charge in [-0.15, -0.1) is 0 Å². The van der Waals surface area contributed by atoms with Crippen LogP contribution < -0.4 is 15.6 Å². The second-order valence-corrected chi connectivity index (χ2v) is 6.28. The zero-order valence-electron chi connectivity index (χ0n) is 15.7. The molecule has 0 fully saturated rings. The van der Waals surface area contributed by atoms with Crippen LogP contribution in [0.5, 0.6) is 11.6 Å². The lowest BCUT2D eigenvalue weighted by atomic mass is 10.0. The van der Waals surface area contributed by atoms with Crippen LogP contribution in [0.3, 0.4) is 0 Å². The molecule has 0 unspecified atom stereocenters. The Hall–Kier alpha value is -4.08. The summed E-state index contributed by atoms with van der Waals surface area (Å²) < 4.78 is 5.58. The number of benzene rings is 1. The van der Waals surface area contributed by atoms with Crippen molar-refractivity contribution in [3.05, 3.63) is 76.4 Å². The number of nitrogens with zero attached hydrogens (tertiary/aromatic N) is 4. The van der Waals surface area contributed by atoms with Gasteiger partial charge in [0.2, 0.25) is 5.82 Å². The third-order valence-corrected chi connectivity index (χ3v) is 3.95. The van der Waals surface area contributed by atoms with Crippen molar-refractivity contribution in [3.63, 3.8) is 0 Å². The fourth-order valence-corrected chi connectivity index (χ4v) is 2.41. The number of carbonyl (C=O) groups is 1. The van der Waals surface area contributed by atoms with Gasteiger partial charge in [0, 0.05) is 12.4 Å². The van der Waals surface area contributed by atoms with Crippen molar-refractivity contribution in [1.29, 1.82) is 0 Å². The predicted molar refractivity (Wildman–Crippen MR) is 105 cm³/mol. The second-order valence-electron chi connectivity index (χ2n) is 6.28. The molecule has 0 saturated carbocycles. The standard InChI is InChI=1S/C19H18N6O4/c1-12(2)13-5-7-15(8-6-13)29-19-16(25(27)28)17(21-11-22-19)23-24-18(26)14-4-3-9-20-10-14/h3-12H,1-2H3,(H,24,26)(H,21,22,23). The van der Waals surface area contributed by atoms with E-state index in [9.17, 15) is 14.9 Å². The number of rotatable bonds is 7. The molecule has 2 heterocycles. The molecule has 0 aliphatic carbocycles. The van der Waals surface area contributed by atoms with Crippen LogP contribution in [0.1, 0.15) is 35.7 Å². The Labute approximate surface area is 166 Å². The van der Waals surface area contributed by atoms with Crippen molar-refractivity contribution in [2.75, 3.05) is 5.43 Å². The molecule has 0 aliphatic heterocycles. The molecule has 0 atom stereocenters. The van der Waals surface area contributed by atoms with Crippen LogP contribution in [0.15, 0.2) is 55.1 Å². The molecule has 0 bridgehead atoms. The number of amides is 1. The van der Waals surface area contributed by atoms with Gasteiger partial charge in [0.05, 0.1) is 10.5 Å². The maximum atomic E-state index is 12.1. The quantitative estimate of drug-likeness (QED) is 0.460. The van der Waals surface area contributed by atoms with Gasteiger partial charge in [-0.3, -0.25) is 30.7 Å². The first-order valence-corrected chi connectivity index (χ1v) is 8.69. The van der Waals surface area contributed by atoms with E-state index in [2.05, 4.69) is 39.7 Å². The average Bonchev–Trinajstić information content (AvgIpc) is 2.73. The molecular weight excluding hydrogens is 376 g/mol. The second kappa shape index (κ2) is 8.74. The minimum Gasteiger partial charge on any atom is -0.434 e. The normalized spacial score (nSPS) is 10.4. The summed E-state index contributed by atoms with van der Waals surface area (Å²) in [6.45, 7) is 4.12. The van der Waals surface area contributed by atoms with Gasteiger partial charge in [-0.25, -0.2) is 4.98 Å². The number of nitrogens with one attached hydrogen (secondary N) is 2. The number of hydrogen-bond donors (Lipinski definition) is 2. The van der Waals surface area contributed by atoms with E-state index in [4.69, 9.17) is 4.74 Å². The number of hydrogen-bond acceptors (Lipinski definition) is 8. The summed E-state index contributed by atoms with van der Waals surface area (Å²) >= 11 is 0. The summed E-state index contributed by atoms with van der Waals surface area (Å²) in [5.41, 5.74) is 5.66. The van der Waals surface area contributed by atoms with Gasteiger partial charge in [0.25, 0.3) is 5.91 Å². The van der Waals surface area contributed by atoms with Crippen LogP contribution in [-0.4, -0.2) is 25.8 Å². The Balaban J connectivity index is 1.80. The molecule has 3 rings (SSSR count). The van der Waals surface area contributed by atoms with Crippen molar-refractivity contribution in [2.24, 2.45) is 0 Å². The highest BCUT2D eigenvalue weighted by atomic mass is 16.6. The maximum Gasteiger partial charge on any atom is 0.374 e. The number of ether oxygens (including phenoxy) is 1. The van der Waals surface area contributed by atoms with Crippen molar-refractivity contribution < 1.29 is 14.5 Å². The van der Waals surface area contributed by atoms with E-state index in [0.29, 0.717) is 11.7 Å². The molecular formula is C19H18N6O4. The number of carbonyl (C=O) groups excluding carboxylic acids is 1. The molecule has 10 heteroatoms. The molecule has 1 amide bonds. The highest BCUT2D eigenvalue weighted by Gasteiger charge is 2.25. The summed E-state index contributed by atoms with van der Waals surface area (Å²) in [4.78, 5) is 34.5. The smallest absolute Gasteiger partial charge is 0.374 e. The predicted octanol–water partition coefficient (Wildman–Crippen LogP) is 3.45. The number of pyridine rings is 1. The largest absolute Gasteiger partial charge is 0.434 e. The van der Waals surface area contributed by atoms with Crippen LogP contribution in [0.2, 0.25) is 0 Å². The van der Waals surface area contributed by atoms with Crippen LogP contribution in [0, 0.1) is 10.1 Å². The van der Waals surface area contributed by atoms with E-state index in [-0.39, 0.29) is 17.3 Å². The van der Waals surface area contributed by atoms with Gasteiger partial charge in [-0.1, -0.05) is 26.0 Å². The molecule has 1 aromatic carbocycles. The van der Waals surface area contributed by atoms with Gasteiger partial charge in [0.15, 0.2) is 0 Å². The van der Waals surface area contributed by atoms with E-state index in [1.807, 2.05) is 12.1 Å². The Morgan fingerprint density at radius 2 is 1.93 bits per heavy atom. The fraction of sp³-hybridized carbons (Fsp3) is 0.158. The van der Waals surface area contributed by atoms with Gasteiger partial charge in [-0.2, -0.15) is 4.98 Å². The molecule has 2 N–H and O–H groups in total. The Morgan fingerprint density at radius 1 is 1.17 bits per heavy atom. The molecule has 3 aromatic rings. The summed E-state index contributed by atoms with van der Waals surface area (Å²) in [5.74, 6) is -0.257. The average molecular weight is 394 g/mol. The number of aromatic nitrogens is 3. The Morgan fingerprint density at radius 3 is 2.55 bits per heavy atom. The SMILES string of the molecule is CC(C)c1ccc(Oc2ncnc(NNC(=O)c3cccnc3)c2[N+](=O)[O-])cc1. The minimum atomic E-state index is -0.684. The first-order valence-electron chi connectivity index (χ1n) is 8.69. The first kappa shape index (κ1) is 19.7. The van der Waals surface area contributed by atoms with Crippen LogP contribution in [-0.2, 0) is 0 Å². The Kier molecular flexibility index (Phi) is 5.93. The summed E-state index contributed by atoms with van der Waals surface area (Å²) in [5, 5.41) is 11.6. The lowest BCUT2D eigenvalue weighted by molar-refractivity contribution is -0.385. The van der Waals surface area contributed by atoms with Crippen molar-refractivity contribution in [1.82, 2.24) is 20.4 Å². The zero-order valence-corrected chi connectivity index (χ0v) is 15.7. The molecule has 148 valence electrons. The van der Waals surface area contributed by atoms with E-state index < -0.39 is 16.5 Å². The molecule has 10 nitrogen and oxygen atoms in total. The van der Waals surface area contributed by atoms with E-state index in [0.717, 1.165) is 11.9 Å². The van der Waals surface area contributed by atoms with Gasteiger partial charge in [-0.05, 0) is 35.7 Å². The molecule has 0 saturated heterocycles. The van der Waals surface area contributed by atoms with Crippen molar-refractivity contribution in [2.45, 2.75) is 19.8 Å². The minimum absolute atomic E-state index is 0.212. The monoisotopic (exact) mass is 394 g/mol. The van der Waals surface area contributed by atoms with E-state index >= 15 is 0 Å². The third-order valence-electron chi connectivity index (χ3n) is 3.95. The zero-order chi connectivity index (χ0) is 20.8. The van der Waals surface area contributed by atoms with Crippen molar-refractivity contribution >= 4 is 17.4 Å². The van der Waals surface area contributed by atoms with Gasteiger partial charge >= 0.3 is 11.6 Å².